The Morgan fingerprint density at radius 1 is 1.39 bits per heavy atom. The maximum atomic E-state index is 11.9. The van der Waals surface area contributed by atoms with E-state index in [4.69, 9.17) is 4.74 Å². The van der Waals surface area contributed by atoms with Crippen molar-refractivity contribution in [2.45, 2.75) is 6.42 Å². The molecular formula is C13H17BrN2O2. The molecule has 1 fully saturated rings. The zero-order valence-corrected chi connectivity index (χ0v) is 11.8. The monoisotopic (exact) mass is 312 g/mol. The number of benzene rings is 1. The van der Waals surface area contributed by atoms with E-state index in [2.05, 4.69) is 21.2 Å². The summed E-state index contributed by atoms with van der Waals surface area (Å²) in [5.74, 6) is 0.962. The van der Waals surface area contributed by atoms with Gasteiger partial charge in [-0.15, -0.1) is 0 Å². The zero-order valence-electron chi connectivity index (χ0n) is 10.2. The average Bonchev–Trinajstić information content (AvgIpc) is 2.40. The Morgan fingerprint density at radius 3 is 2.89 bits per heavy atom. The van der Waals surface area contributed by atoms with Gasteiger partial charge in [0.2, 0.25) is 5.91 Å². The van der Waals surface area contributed by atoms with Crippen LogP contribution in [-0.2, 0) is 4.79 Å². The van der Waals surface area contributed by atoms with Gasteiger partial charge in [-0.3, -0.25) is 4.79 Å². The second-order valence-corrected chi connectivity index (χ2v) is 5.10. The number of ether oxygens (including phenoxy) is 1. The molecule has 98 valence electrons. The molecule has 0 saturated carbocycles. The molecule has 0 aliphatic carbocycles. The molecule has 4 nitrogen and oxygen atoms in total. The highest BCUT2D eigenvalue weighted by Gasteiger charge is 2.15. The molecule has 1 aromatic rings. The normalized spacial score (nSPS) is 15.5. The van der Waals surface area contributed by atoms with Gasteiger partial charge in [0.25, 0.3) is 0 Å². The van der Waals surface area contributed by atoms with Crippen molar-refractivity contribution in [2.75, 3.05) is 32.8 Å². The van der Waals surface area contributed by atoms with Gasteiger partial charge in [0.15, 0.2) is 0 Å². The van der Waals surface area contributed by atoms with Crippen LogP contribution in [0.1, 0.15) is 6.42 Å². The SMILES string of the molecule is O=C(CCOc1cccc(Br)c1)N1CCNCC1. The van der Waals surface area contributed by atoms with Crippen LogP contribution in [0.3, 0.4) is 0 Å². The van der Waals surface area contributed by atoms with Crippen molar-refractivity contribution in [3.05, 3.63) is 28.7 Å². The smallest absolute Gasteiger partial charge is 0.226 e. The Bertz CT molecular complexity index is 406. The Kier molecular flexibility index (Phi) is 5.01. The first kappa shape index (κ1) is 13.4. The van der Waals surface area contributed by atoms with E-state index < -0.39 is 0 Å². The molecule has 2 rings (SSSR count). The molecule has 1 heterocycles. The highest BCUT2D eigenvalue weighted by atomic mass is 79.9. The molecule has 18 heavy (non-hydrogen) atoms. The van der Waals surface area contributed by atoms with Gasteiger partial charge < -0.3 is 15.0 Å². The minimum Gasteiger partial charge on any atom is -0.493 e. The van der Waals surface area contributed by atoms with Crippen LogP contribution in [0.5, 0.6) is 5.75 Å². The summed E-state index contributed by atoms with van der Waals surface area (Å²) in [6.45, 7) is 3.81. The summed E-state index contributed by atoms with van der Waals surface area (Å²) in [5, 5.41) is 3.23. The minimum atomic E-state index is 0.173. The van der Waals surface area contributed by atoms with Gasteiger partial charge >= 0.3 is 0 Å². The summed E-state index contributed by atoms with van der Waals surface area (Å²) in [6, 6.07) is 7.64. The topological polar surface area (TPSA) is 41.6 Å². The van der Waals surface area contributed by atoms with Gasteiger partial charge in [-0.05, 0) is 18.2 Å². The predicted molar refractivity (Wildman–Crippen MR) is 73.7 cm³/mol. The molecule has 0 spiro atoms. The standard InChI is InChI=1S/C13H17BrN2O2/c14-11-2-1-3-12(10-11)18-9-4-13(17)16-7-5-15-6-8-16/h1-3,10,15H,4-9H2. The molecule has 0 radical (unpaired) electrons. The van der Waals surface area contributed by atoms with Crippen molar-refractivity contribution in [1.29, 1.82) is 0 Å². The summed E-state index contributed by atoms with van der Waals surface area (Å²) in [7, 11) is 0. The molecule has 0 atom stereocenters. The summed E-state index contributed by atoms with van der Waals surface area (Å²) in [5.41, 5.74) is 0. The van der Waals surface area contributed by atoms with E-state index in [0.717, 1.165) is 36.4 Å². The van der Waals surface area contributed by atoms with Crippen LogP contribution >= 0.6 is 15.9 Å². The number of carbonyl (C=O) groups is 1. The molecule has 5 heteroatoms. The highest BCUT2D eigenvalue weighted by molar-refractivity contribution is 9.10. The van der Waals surface area contributed by atoms with Crippen LogP contribution in [0.2, 0.25) is 0 Å². The molecular weight excluding hydrogens is 296 g/mol. The first-order chi connectivity index (χ1) is 8.75. The van der Waals surface area contributed by atoms with Gasteiger partial charge in [-0.25, -0.2) is 0 Å². The van der Waals surface area contributed by atoms with Crippen molar-refractivity contribution in [3.63, 3.8) is 0 Å². The van der Waals surface area contributed by atoms with E-state index in [1.54, 1.807) is 0 Å². The van der Waals surface area contributed by atoms with E-state index in [1.165, 1.54) is 0 Å². The lowest BCUT2D eigenvalue weighted by atomic mass is 10.3. The lowest BCUT2D eigenvalue weighted by Gasteiger charge is -2.27. The van der Waals surface area contributed by atoms with Crippen LogP contribution in [-0.4, -0.2) is 43.6 Å². The van der Waals surface area contributed by atoms with Crippen molar-refractivity contribution in [3.8, 4) is 5.75 Å². The number of rotatable bonds is 4. The van der Waals surface area contributed by atoms with Gasteiger partial charge in [0.1, 0.15) is 5.75 Å². The molecule has 1 amide bonds. The molecule has 1 aliphatic rings. The van der Waals surface area contributed by atoms with Gasteiger partial charge in [-0.1, -0.05) is 22.0 Å². The summed E-state index contributed by atoms with van der Waals surface area (Å²) in [4.78, 5) is 13.8. The van der Waals surface area contributed by atoms with Gasteiger partial charge in [0, 0.05) is 30.7 Å². The summed E-state index contributed by atoms with van der Waals surface area (Å²) < 4.78 is 6.54. The lowest BCUT2D eigenvalue weighted by molar-refractivity contribution is -0.132. The second kappa shape index (κ2) is 6.75. The van der Waals surface area contributed by atoms with E-state index in [1.807, 2.05) is 29.2 Å². The molecule has 1 aromatic carbocycles. The maximum absolute atomic E-state index is 11.9. The number of piperazine rings is 1. The molecule has 1 aliphatic heterocycles. The number of nitrogens with one attached hydrogen (secondary N) is 1. The summed E-state index contributed by atoms with van der Waals surface area (Å²) >= 11 is 3.38. The number of carbonyl (C=O) groups excluding carboxylic acids is 1. The fourth-order valence-electron chi connectivity index (χ4n) is 1.89. The zero-order chi connectivity index (χ0) is 12.8. The third-order valence-electron chi connectivity index (χ3n) is 2.85. The Hall–Kier alpha value is -1.07. The molecule has 0 aromatic heterocycles. The number of hydrogen-bond donors (Lipinski definition) is 1. The Morgan fingerprint density at radius 2 is 2.17 bits per heavy atom. The van der Waals surface area contributed by atoms with E-state index >= 15 is 0 Å². The van der Waals surface area contributed by atoms with E-state index in [9.17, 15) is 4.79 Å². The molecule has 0 bridgehead atoms. The van der Waals surface area contributed by atoms with Gasteiger partial charge in [0.05, 0.1) is 13.0 Å². The van der Waals surface area contributed by atoms with Crippen molar-refractivity contribution in [1.82, 2.24) is 10.2 Å². The maximum Gasteiger partial charge on any atom is 0.226 e. The van der Waals surface area contributed by atoms with Gasteiger partial charge in [-0.2, -0.15) is 0 Å². The minimum absolute atomic E-state index is 0.173. The van der Waals surface area contributed by atoms with E-state index in [-0.39, 0.29) is 5.91 Å². The fourth-order valence-corrected chi connectivity index (χ4v) is 2.26. The first-order valence-electron chi connectivity index (χ1n) is 6.12. The van der Waals surface area contributed by atoms with Crippen molar-refractivity contribution < 1.29 is 9.53 Å². The number of nitrogens with zero attached hydrogens (tertiary/aromatic N) is 1. The number of hydrogen-bond acceptors (Lipinski definition) is 3. The Balaban J connectivity index is 1.73. The van der Waals surface area contributed by atoms with Crippen LogP contribution in [0.15, 0.2) is 28.7 Å². The van der Waals surface area contributed by atoms with E-state index in [0.29, 0.717) is 13.0 Å². The third kappa shape index (κ3) is 3.99. The third-order valence-corrected chi connectivity index (χ3v) is 3.34. The average molecular weight is 313 g/mol. The van der Waals surface area contributed by atoms with Crippen LogP contribution in [0.4, 0.5) is 0 Å². The highest BCUT2D eigenvalue weighted by Crippen LogP contribution is 2.17. The molecule has 0 unspecified atom stereocenters. The predicted octanol–water partition coefficient (Wildman–Crippen LogP) is 1.65. The number of halogens is 1. The quantitative estimate of drug-likeness (QED) is 0.919. The van der Waals surface area contributed by atoms with Crippen LogP contribution < -0.4 is 10.1 Å². The Labute approximate surface area is 115 Å². The molecule has 1 saturated heterocycles. The number of amides is 1. The van der Waals surface area contributed by atoms with Crippen molar-refractivity contribution in [2.24, 2.45) is 0 Å². The first-order valence-corrected chi connectivity index (χ1v) is 6.92. The summed E-state index contributed by atoms with van der Waals surface area (Å²) in [6.07, 6.45) is 0.437. The second-order valence-electron chi connectivity index (χ2n) is 4.19. The van der Waals surface area contributed by atoms with Crippen molar-refractivity contribution >= 4 is 21.8 Å². The van der Waals surface area contributed by atoms with Crippen LogP contribution in [0, 0.1) is 0 Å². The fraction of sp³-hybridized carbons (Fsp3) is 0.462. The largest absolute Gasteiger partial charge is 0.493 e. The lowest BCUT2D eigenvalue weighted by Crippen LogP contribution is -2.46. The molecule has 1 N–H and O–H groups in total. The van der Waals surface area contributed by atoms with Crippen LogP contribution in [0.25, 0.3) is 0 Å².